The Kier molecular flexibility index (Phi) is 6.40. The summed E-state index contributed by atoms with van der Waals surface area (Å²) in [5.41, 5.74) is 1.32. The molecular formula is C26H30ClN5O3. The number of benzene rings is 1. The lowest BCUT2D eigenvalue weighted by Gasteiger charge is -2.28. The predicted molar refractivity (Wildman–Crippen MR) is 132 cm³/mol. The van der Waals surface area contributed by atoms with Crippen LogP contribution in [0.5, 0.6) is 5.75 Å². The maximum absolute atomic E-state index is 13.0. The van der Waals surface area contributed by atoms with Gasteiger partial charge < -0.3 is 9.47 Å². The number of carbonyl (C=O) groups is 1. The minimum absolute atomic E-state index is 0.163. The summed E-state index contributed by atoms with van der Waals surface area (Å²) in [4.78, 5) is 18.8. The first-order valence-electron chi connectivity index (χ1n) is 12.0. The second kappa shape index (κ2) is 9.49. The average Bonchev–Trinajstić information content (AvgIpc) is 3.15. The van der Waals surface area contributed by atoms with Crippen molar-refractivity contribution in [2.45, 2.75) is 77.2 Å². The van der Waals surface area contributed by atoms with Gasteiger partial charge in [0, 0.05) is 17.1 Å². The molecule has 35 heavy (non-hydrogen) atoms. The van der Waals surface area contributed by atoms with Gasteiger partial charge in [-0.2, -0.15) is 0 Å². The van der Waals surface area contributed by atoms with Crippen LogP contribution in [0.1, 0.15) is 69.6 Å². The number of hydrogen-bond acceptors (Lipinski definition) is 6. The van der Waals surface area contributed by atoms with Crippen LogP contribution >= 0.6 is 11.6 Å². The molecule has 0 spiro atoms. The largest absolute Gasteiger partial charge is 0.489 e. The summed E-state index contributed by atoms with van der Waals surface area (Å²) in [6.07, 6.45) is 7.03. The Morgan fingerprint density at radius 3 is 2.60 bits per heavy atom. The minimum Gasteiger partial charge on any atom is -0.489 e. The first-order valence-corrected chi connectivity index (χ1v) is 12.4. The van der Waals surface area contributed by atoms with Gasteiger partial charge in [-0.15, -0.1) is 10.2 Å². The smallest absolute Gasteiger partial charge is 0.411 e. The Morgan fingerprint density at radius 1 is 1.09 bits per heavy atom. The highest BCUT2D eigenvalue weighted by Crippen LogP contribution is 2.37. The molecule has 0 unspecified atom stereocenters. The van der Waals surface area contributed by atoms with E-state index in [1.807, 2.05) is 51.1 Å². The lowest BCUT2D eigenvalue weighted by molar-refractivity contribution is 0.0214. The van der Waals surface area contributed by atoms with Crippen molar-refractivity contribution in [2.24, 2.45) is 0 Å². The van der Waals surface area contributed by atoms with Crippen LogP contribution in [-0.2, 0) is 17.8 Å². The fourth-order valence-corrected chi connectivity index (χ4v) is 4.99. The zero-order chi connectivity index (χ0) is 24.6. The average molecular weight is 496 g/mol. The summed E-state index contributed by atoms with van der Waals surface area (Å²) >= 11 is 6.34. The van der Waals surface area contributed by atoms with Gasteiger partial charge in [0.25, 0.3) is 0 Å². The van der Waals surface area contributed by atoms with Crippen molar-refractivity contribution in [3.05, 3.63) is 65.0 Å². The van der Waals surface area contributed by atoms with Crippen LogP contribution < -0.4 is 4.74 Å². The maximum Gasteiger partial charge on any atom is 0.411 e. The number of hydrogen-bond donors (Lipinski definition) is 0. The molecule has 0 atom stereocenters. The summed E-state index contributed by atoms with van der Waals surface area (Å²) in [5, 5.41) is 9.76. The van der Waals surface area contributed by atoms with E-state index >= 15 is 0 Å². The summed E-state index contributed by atoms with van der Waals surface area (Å²) in [6.45, 7) is 6.29. The Morgan fingerprint density at radius 2 is 1.89 bits per heavy atom. The van der Waals surface area contributed by atoms with Gasteiger partial charge in [-0.05, 0) is 82.3 Å². The van der Waals surface area contributed by atoms with Crippen molar-refractivity contribution in [1.82, 2.24) is 24.6 Å². The second-order valence-electron chi connectivity index (χ2n) is 10.2. The molecule has 1 saturated carbocycles. The van der Waals surface area contributed by atoms with E-state index in [-0.39, 0.29) is 18.1 Å². The summed E-state index contributed by atoms with van der Waals surface area (Å²) in [6, 6.07) is 9.60. The number of halogens is 1. The van der Waals surface area contributed by atoms with Crippen molar-refractivity contribution >= 4 is 17.7 Å². The summed E-state index contributed by atoms with van der Waals surface area (Å²) in [7, 11) is 0. The predicted octanol–water partition coefficient (Wildman–Crippen LogP) is 5.67. The van der Waals surface area contributed by atoms with Crippen molar-refractivity contribution in [3.8, 4) is 11.4 Å². The van der Waals surface area contributed by atoms with Gasteiger partial charge in [0.15, 0.2) is 5.82 Å². The number of aromatic nitrogens is 4. The normalized spacial score (nSPS) is 19.9. The molecule has 1 amide bonds. The molecule has 8 nitrogen and oxygen atoms in total. The third-order valence-electron chi connectivity index (χ3n) is 6.36. The van der Waals surface area contributed by atoms with Gasteiger partial charge in [0.1, 0.15) is 17.2 Å². The van der Waals surface area contributed by atoms with E-state index in [1.54, 1.807) is 17.3 Å². The molecule has 1 aromatic carbocycles. The molecule has 2 aromatic heterocycles. The zero-order valence-corrected chi connectivity index (χ0v) is 21.0. The highest BCUT2D eigenvalue weighted by Gasteiger charge is 2.33. The molecule has 0 radical (unpaired) electrons. The number of fused-ring (bicyclic) bond motifs is 3. The van der Waals surface area contributed by atoms with Crippen LogP contribution in [0.15, 0.2) is 42.7 Å². The fraction of sp³-hybridized carbons (Fsp3) is 0.462. The first-order chi connectivity index (χ1) is 16.8. The van der Waals surface area contributed by atoms with Crippen LogP contribution in [-0.4, -0.2) is 42.4 Å². The standard InChI is InChI=1S/C26H30ClN5O3/c1-26(2,3)35-25(33)31-15-18-13-19(27)8-11-22(18)32-23(16-31)29-30-24(32)17-6-9-20(10-7-17)34-21-5-4-12-28-14-21/h4-5,8,11-14,17,20H,6-7,9-10,15-16H2,1-3H3/t17-,20-. The fourth-order valence-electron chi connectivity index (χ4n) is 4.79. The molecule has 3 heterocycles. The Hall–Kier alpha value is -3.13. The van der Waals surface area contributed by atoms with E-state index in [2.05, 4.69) is 19.7 Å². The lowest BCUT2D eigenvalue weighted by atomic mass is 9.86. The molecule has 1 aliphatic carbocycles. The van der Waals surface area contributed by atoms with Gasteiger partial charge >= 0.3 is 6.09 Å². The van der Waals surface area contributed by atoms with Gasteiger partial charge in [0.2, 0.25) is 0 Å². The number of nitrogens with zero attached hydrogens (tertiary/aromatic N) is 5. The highest BCUT2D eigenvalue weighted by atomic mass is 35.5. The van der Waals surface area contributed by atoms with E-state index in [4.69, 9.17) is 21.1 Å². The van der Waals surface area contributed by atoms with Crippen LogP contribution in [0.25, 0.3) is 5.69 Å². The van der Waals surface area contributed by atoms with E-state index < -0.39 is 5.60 Å². The third-order valence-corrected chi connectivity index (χ3v) is 6.59. The van der Waals surface area contributed by atoms with Crippen molar-refractivity contribution in [3.63, 3.8) is 0 Å². The molecule has 2 aliphatic rings. The molecule has 184 valence electrons. The quantitative estimate of drug-likeness (QED) is 0.465. The van der Waals surface area contributed by atoms with E-state index in [1.165, 1.54) is 0 Å². The van der Waals surface area contributed by atoms with E-state index in [0.29, 0.717) is 18.1 Å². The Bertz CT molecular complexity index is 1200. The van der Waals surface area contributed by atoms with Crippen LogP contribution in [0.2, 0.25) is 5.02 Å². The molecule has 0 bridgehead atoms. The Balaban J connectivity index is 1.40. The third kappa shape index (κ3) is 5.27. The second-order valence-corrected chi connectivity index (χ2v) is 10.6. The van der Waals surface area contributed by atoms with E-state index in [9.17, 15) is 4.79 Å². The number of amides is 1. The Labute approximate surface area is 210 Å². The molecular weight excluding hydrogens is 466 g/mol. The highest BCUT2D eigenvalue weighted by molar-refractivity contribution is 6.30. The monoisotopic (exact) mass is 495 g/mol. The zero-order valence-electron chi connectivity index (χ0n) is 20.3. The summed E-state index contributed by atoms with van der Waals surface area (Å²) < 4.78 is 13.9. The molecule has 5 rings (SSSR count). The number of carbonyl (C=O) groups excluding carboxylic acids is 1. The molecule has 0 N–H and O–H groups in total. The van der Waals surface area contributed by atoms with Crippen molar-refractivity contribution < 1.29 is 14.3 Å². The van der Waals surface area contributed by atoms with Crippen LogP contribution in [0.3, 0.4) is 0 Å². The number of rotatable bonds is 3. The van der Waals surface area contributed by atoms with Crippen LogP contribution in [0, 0.1) is 0 Å². The van der Waals surface area contributed by atoms with Crippen LogP contribution in [0.4, 0.5) is 4.79 Å². The van der Waals surface area contributed by atoms with Gasteiger partial charge in [-0.3, -0.25) is 14.5 Å². The molecule has 9 heteroatoms. The lowest BCUT2D eigenvalue weighted by Crippen LogP contribution is -2.35. The molecule has 1 aliphatic heterocycles. The van der Waals surface area contributed by atoms with Crippen molar-refractivity contribution in [2.75, 3.05) is 0 Å². The minimum atomic E-state index is -0.587. The van der Waals surface area contributed by atoms with Gasteiger partial charge in [0.05, 0.1) is 31.1 Å². The SMILES string of the molecule is CC(C)(C)OC(=O)N1Cc2cc(Cl)ccc2-n2c(nnc2[C@H]2CC[C@H](Oc3cccnc3)CC2)C1. The van der Waals surface area contributed by atoms with Gasteiger partial charge in [-0.1, -0.05) is 11.6 Å². The first kappa shape index (κ1) is 23.6. The number of pyridine rings is 1. The number of ether oxygens (including phenoxy) is 2. The molecule has 0 saturated heterocycles. The molecule has 3 aromatic rings. The molecule has 1 fully saturated rings. The van der Waals surface area contributed by atoms with Gasteiger partial charge in [-0.25, -0.2) is 4.79 Å². The van der Waals surface area contributed by atoms with Crippen molar-refractivity contribution in [1.29, 1.82) is 0 Å². The topological polar surface area (TPSA) is 82.4 Å². The van der Waals surface area contributed by atoms with E-state index in [0.717, 1.165) is 54.3 Å². The maximum atomic E-state index is 13.0. The summed E-state index contributed by atoms with van der Waals surface area (Å²) in [5.74, 6) is 2.71.